The fourth-order valence-electron chi connectivity index (χ4n) is 2.64. The fraction of sp³-hybridized carbons (Fsp3) is 0.211. The number of amides is 1. The first kappa shape index (κ1) is 17.4. The van der Waals surface area contributed by atoms with E-state index < -0.39 is 0 Å². The van der Waals surface area contributed by atoms with Crippen LogP contribution in [0.1, 0.15) is 40.3 Å². The Balaban J connectivity index is 1.76. The minimum Gasteiger partial charge on any atom is -0.346 e. The van der Waals surface area contributed by atoms with Crippen LogP contribution in [-0.2, 0) is 0 Å². The molecule has 3 aromatic rings. The molecule has 0 spiro atoms. The van der Waals surface area contributed by atoms with E-state index in [1.807, 2.05) is 61.9 Å². The second-order valence-corrected chi connectivity index (χ2v) is 6.71. The van der Waals surface area contributed by atoms with Gasteiger partial charge < -0.3 is 5.32 Å². The van der Waals surface area contributed by atoms with E-state index in [0.717, 1.165) is 27.1 Å². The number of aryl methyl sites for hydroxylation is 1. The monoisotopic (exact) mass is 398 g/mol. The van der Waals surface area contributed by atoms with Gasteiger partial charge in [0.25, 0.3) is 5.91 Å². The smallest absolute Gasteiger partial charge is 0.251 e. The zero-order valence-corrected chi connectivity index (χ0v) is 15.9. The molecule has 2 heterocycles. The first-order chi connectivity index (χ1) is 12.0. The van der Waals surface area contributed by atoms with Gasteiger partial charge in [0.05, 0.1) is 27.6 Å². The third-order valence-electron chi connectivity index (χ3n) is 4.13. The van der Waals surface area contributed by atoms with Gasteiger partial charge in [0.15, 0.2) is 0 Å². The Morgan fingerprint density at radius 2 is 1.76 bits per heavy atom. The third kappa shape index (κ3) is 3.64. The van der Waals surface area contributed by atoms with Crippen LogP contribution < -0.4 is 5.32 Å². The van der Waals surface area contributed by atoms with Crippen molar-refractivity contribution in [1.29, 1.82) is 0 Å². The highest BCUT2D eigenvalue weighted by molar-refractivity contribution is 9.10. The Hall–Kier alpha value is -2.47. The van der Waals surface area contributed by atoms with Crippen LogP contribution in [0.5, 0.6) is 0 Å². The van der Waals surface area contributed by atoms with Crippen LogP contribution in [0.25, 0.3) is 5.69 Å². The predicted octanol–water partition coefficient (Wildman–Crippen LogP) is 4.14. The third-order valence-corrected chi connectivity index (χ3v) is 5.28. The molecule has 0 fully saturated rings. The molecule has 1 N–H and O–H groups in total. The molecule has 1 aromatic carbocycles. The van der Waals surface area contributed by atoms with Crippen molar-refractivity contribution in [2.24, 2.45) is 0 Å². The molecular formula is C19H19BrN4O. The summed E-state index contributed by atoms with van der Waals surface area (Å²) < 4.78 is 2.86. The maximum atomic E-state index is 12.4. The van der Waals surface area contributed by atoms with Crippen LogP contribution in [-0.4, -0.2) is 20.7 Å². The molecule has 2 aromatic heterocycles. The molecule has 0 saturated heterocycles. The van der Waals surface area contributed by atoms with E-state index in [2.05, 4.69) is 31.3 Å². The summed E-state index contributed by atoms with van der Waals surface area (Å²) in [6.07, 6.45) is 3.44. The van der Waals surface area contributed by atoms with E-state index in [4.69, 9.17) is 0 Å². The molecule has 5 nitrogen and oxygen atoms in total. The highest BCUT2D eigenvalue weighted by Crippen LogP contribution is 2.23. The number of halogens is 1. The molecule has 0 bridgehead atoms. The normalized spacial score (nSPS) is 12.0. The topological polar surface area (TPSA) is 59.8 Å². The van der Waals surface area contributed by atoms with Crippen LogP contribution >= 0.6 is 15.9 Å². The standard InChI is InChI=1S/C19H19BrN4O/c1-12(15-8-10-21-11-9-15)22-19(25)16-4-6-17(7-5-16)24-14(3)18(20)13(2)23-24/h4-12H,1-3H3,(H,22,25)/t12-/m0/s1. The predicted molar refractivity (Wildman–Crippen MR) is 101 cm³/mol. The molecule has 0 aliphatic rings. The van der Waals surface area contributed by atoms with Crippen molar-refractivity contribution in [1.82, 2.24) is 20.1 Å². The Morgan fingerprint density at radius 3 is 2.32 bits per heavy atom. The molecule has 128 valence electrons. The first-order valence-electron chi connectivity index (χ1n) is 8.00. The second-order valence-electron chi connectivity index (χ2n) is 5.92. The first-order valence-corrected chi connectivity index (χ1v) is 8.79. The summed E-state index contributed by atoms with van der Waals surface area (Å²) in [5, 5.41) is 7.51. The lowest BCUT2D eigenvalue weighted by molar-refractivity contribution is 0.0940. The SMILES string of the molecule is Cc1nn(-c2ccc(C(=O)N[C@@H](C)c3ccncc3)cc2)c(C)c1Br. The van der Waals surface area contributed by atoms with Crippen molar-refractivity contribution in [3.63, 3.8) is 0 Å². The molecule has 0 unspecified atom stereocenters. The van der Waals surface area contributed by atoms with Crippen LogP contribution in [0.15, 0.2) is 53.3 Å². The molecular weight excluding hydrogens is 380 g/mol. The number of rotatable bonds is 4. The molecule has 1 amide bonds. The van der Waals surface area contributed by atoms with E-state index in [-0.39, 0.29) is 11.9 Å². The average molecular weight is 399 g/mol. The Bertz CT molecular complexity index is 888. The number of pyridine rings is 1. The van der Waals surface area contributed by atoms with Gasteiger partial charge in [-0.1, -0.05) is 0 Å². The van der Waals surface area contributed by atoms with Gasteiger partial charge in [0, 0.05) is 18.0 Å². The number of carbonyl (C=O) groups is 1. The van der Waals surface area contributed by atoms with Crippen molar-refractivity contribution in [3.05, 3.63) is 75.8 Å². The Kier molecular flexibility index (Phi) is 4.99. The second kappa shape index (κ2) is 7.19. The summed E-state index contributed by atoms with van der Waals surface area (Å²) >= 11 is 3.53. The summed E-state index contributed by atoms with van der Waals surface area (Å²) in [6.45, 7) is 5.91. The summed E-state index contributed by atoms with van der Waals surface area (Å²) in [5.74, 6) is -0.106. The number of carbonyl (C=O) groups excluding carboxylic acids is 1. The fourth-order valence-corrected chi connectivity index (χ4v) is 2.89. The molecule has 25 heavy (non-hydrogen) atoms. The maximum Gasteiger partial charge on any atom is 0.251 e. The number of nitrogens with zero attached hydrogens (tertiary/aromatic N) is 3. The van der Waals surface area contributed by atoms with Crippen molar-refractivity contribution in [2.75, 3.05) is 0 Å². The van der Waals surface area contributed by atoms with Crippen molar-refractivity contribution in [3.8, 4) is 5.69 Å². The molecule has 0 saturated carbocycles. The highest BCUT2D eigenvalue weighted by Gasteiger charge is 2.13. The maximum absolute atomic E-state index is 12.4. The number of hydrogen-bond acceptors (Lipinski definition) is 3. The van der Waals surface area contributed by atoms with Gasteiger partial charge in [-0.15, -0.1) is 0 Å². The summed E-state index contributed by atoms with van der Waals surface area (Å²) in [5.41, 5.74) is 4.52. The summed E-state index contributed by atoms with van der Waals surface area (Å²) in [4.78, 5) is 16.4. The molecule has 0 aliphatic heterocycles. The van der Waals surface area contributed by atoms with E-state index in [9.17, 15) is 4.79 Å². The van der Waals surface area contributed by atoms with Gasteiger partial charge in [-0.2, -0.15) is 5.10 Å². The zero-order valence-electron chi connectivity index (χ0n) is 14.3. The minimum absolute atomic E-state index is 0.0814. The average Bonchev–Trinajstić information content (AvgIpc) is 2.90. The van der Waals surface area contributed by atoms with Gasteiger partial charge in [-0.3, -0.25) is 9.78 Å². The van der Waals surface area contributed by atoms with Gasteiger partial charge in [-0.25, -0.2) is 4.68 Å². The lowest BCUT2D eigenvalue weighted by Crippen LogP contribution is -2.26. The van der Waals surface area contributed by atoms with Crippen molar-refractivity contribution < 1.29 is 4.79 Å². The quantitative estimate of drug-likeness (QED) is 0.718. The summed E-state index contributed by atoms with van der Waals surface area (Å²) in [7, 11) is 0. The lowest BCUT2D eigenvalue weighted by atomic mass is 10.1. The molecule has 1 atom stereocenters. The van der Waals surface area contributed by atoms with E-state index in [1.165, 1.54) is 0 Å². The molecule has 3 rings (SSSR count). The number of nitrogens with one attached hydrogen (secondary N) is 1. The Labute approximate surface area is 155 Å². The number of benzene rings is 1. The van der Waals surface area contributed by atoms with Crippen molar-refractivity contribution >= 4 is 21.8 Å². The van der Waals surface area contributed by atoms with E-state index >= 15 is 0 Å². The van der Waals surface area contributed by atoms with Crippen molar-refractivity contribution in [2.45, 2.75) is 26.8 Å². The number of hydrogen-bond donors (Lipinski definition) is 1. The van der Waals surface area contributed by atoms with E-state index in [0.29, 0.717) is 5.56 Å². The van der Waals surface area contributed by atoms with Gasteiger partial charge >= 0.3 is 0 Å². The summed E-state index contributed by atoms with van der Waals surface area (Å²) in [6, 6.07) is 11.1. The molecule has 6 heteroatoms. The largest absolute Gasteiger partial charge is 0.346 e. The van der Waals surface area contributed by atoms with Gasteiger partial charge in [-0.05, 0) is 78.7 Å². The van der Waals surface area contributed by atoms with E-state index in [1.54, 1.807) is 12.4 Å². The van der Waals surface area contributed by atoms with Crippen LogP contribution in [0, 0.1) is 13.8 Å². The van der Waals surface area contributed by atoms with Gasteiger partial charge in [0.1, 0.15) is 0 Å². The minimum atomic E-state index is -0.106. The van der Waals surface area contributed by atoms with Crippen LogP contribution in [0.4, 0.5) is 0 Å². The van der Waals surface area contributed by atoms with Crippen LogP contribution in [0.2, 0.25) is 0 Å². The lowest BCUT2D eigenvalue weighted by Gasteiger charge is -2.14. The molecule has 0 radical (unpaired) electrons. The van der Waals surface area contributed by atoms with Gasteiger partial charge in [0.2, 0.25) is 0 Å². The van der Waals surface area contributed by atoms with Crippen LogP contribution in [0.3, 0.4) is 0 Å². The zero-order chi connectivity index (χ0) is 18.0. The highest BCUT2D eigenvalue weighted by atomic mass is 79.9. The Morgan fingerprint density at radius 1 is 1.12 bits per heavy atom. The number of aromatic nitrogens is 3. The molecule has 0 aliphatic carbocycles.